The van der Waals surface area contributed by atoms with Gasteiger partial charge < -0.3 is 23.9 Å². The van der Waals surface area contributed by atoms with E-state index in [0.29, 0.717) is 11.5 Å². The fourth-order valence-electron chi connectivity index (χ4n) is 8.61. The zero-order valence-electron chi connectivity index (χ0n) is 36.2. The Balaban J connectivity index is 0.00000499. The molecule has 8 heteroatoms. The molecule has 0 aliphatic carbocycles. The average Bonchev–Trinajstić information content (AvgIpc) is 3.72. The first kappa shape index (κ1) is 41.5. The van der Waals surface area contributed by atoms with Gasteiger partial charge in [-0.25, -0.2) is 4.98 Å². The number of nitrogens with zero attached hydrogens (tertiary/aromatic N) is 5. The van der Waals surface area contributed by atoms with Crippen LogP contribution in [0.4, 0.5) is 17.1 Å². The fourth-order valence-corrected chi connectivity index (χ4v) is 8.61. The number of rotatable bonds is 7. The van der Waals surface area contributed by atoms with Crippen LogP contribution in [-0.4, -0.2) is 21.2 Å². The molecule has 0 saturated heterocycles. The third kappa shape index (κ3) is 8.01. The molecule has 0 unspecified atom stereocenters. The van der Waals surface area contributed by atoms with Crippen molar-refractivity contribution in [2.24, 2.45) is 10.8 Å². The van der Waals surface area contributed by atoms with Crippen molar-refractivity contribution >= 4 is 45.7 Å². The zero-order valence-corrected chi connectivity index (χ0v) is 38.4. The molecule has 9 rings (SSSR count). The maximum atomic E-state index is 6.65. The molecule has 0 saturated carbocycles. The van der Waals surface area contributed by atoms with E-state index in [2.05, 4.69) is 203 Å². The Kier molecular flexibility index (Phi) is 10.8. The molecular weight excluding hydrogens is 916 g/mol. The van der Waals surface area contributed by atoms with Crippen LogP contribution in [0.25, 0.3) is 27.6 Å². The van der Waals surface area contributed by atoms with Gasteiger partial charge in [0.05, 0.1) is 0 Å². The van der Waals surface area contributed by atoms with Gasteiger partial charge in [0.25, 0.3) is 0 Å². The Morgan fingerprint density at radius 3 is 2.18 bits per heavy atom. The number of aromatic nitrogens is 2. The van der Waals surface area contributed by atoms with Gasteiger partial charge in [-0.2, -0.15) is 12.1 Å². The molecular formula is C52H53BN5OPt-3. The molecule has 0 atom stereocenters. The number of pyridine rings is 1. The van der Waals surface area contributed by atoms with E-state index >= 15 is 0 Å². The molecule has 0 fully saturated rings. The predicted molar refractivity (Wildman–Crippen MR) is 246 cm³/mol. The largest absolute Gasteiger partial charge is 0.509 e. The van der Waals surface area contributed by atoms with Crippen molar-refractivity contribution in [2.75, 3.05) is 9.80 Å². The van der Waals surface area contributed by atoms with E-state index < -0.39 is 0 Å². The summed E-state index contributed by atoms with van der Waals surface area (Å²) in [6, 6.07) is 39.0. The molecule has 0 spiro atoms. The normalized spacial score (nSPS) is 15.4. The van der Waals surface area contributed by atoms with Gasteiger partial charge >= 0.3 is 6.85 Å². The van der Waals surface area contributed by atoms with Crippen molar-refractivity contribution in [3.63, 3.8) is 0 Å². The molecule has 308 valence electrons. The molecule has 60 heavy (non-hydrogen) atoms. The summed E-state index contributed by atoms with van der Waals surface area (Å²) in [6.07, 6.45) is 10.4. The van der Waals surface area contributed by atoms with Gasteiger partial charge in [-0.1, -0.05) is 116 Å². The van der Waals surface area contributed by atoms with Crippen molar-refractivity contribution < 1.29 is 25.8 Å². The van der Waals surface area contributed by atoms with E-state index in [-0.39, 0.29) is 44.2 Å². The number of para-hydroxylation sites is 3. The van der Waals surface area contributed by atoms with Gasteiger partial charge in [-0.3, -0.25) is 0 Å². The van der Waals surface area contributed by atoms with Crippen molar-refractivity contribution in [3.8, 4) is 17.3 Å². The third-order valence-corrected chi connectivity index (χ3v) is 11.2. The summed E-state index contributed by atoms with van der Waals surface area (Å²) in [4.78, 5) is 12.0. The Hall–Kier alpha value is -5.26. The molecule has 6 nitrogen and oxygen atoms in total. The van der Waals surface area contributed by atoms with E-state index in [0.717, 1.165) is 57.5 Å². The minimum atomic E-state index is -0.0155. The molecule has 0 bridgehead atoms. The number of hydrogen-bond donors (Lipinski definition) is 0. The molecule has 3 aliphatic heterocycles. The molecule has 0 amide bonds. The molecule has 3 aliphatic rings. The number of fused-ring (bicyclic) bond motifs is 5. The minimum Gasteiger partial charge on any atom is -0.509 e. The molecule has 6 aromatic rings. The van der Waals surface area contributed by atoms with Crippen LogP contribution in [0.15, 0.2) is 144 Å². The summed E-state index contributed by atoms with van der Waals surface area (Å²) in [7, 11) is 0. The third-order valence-electron chi connectivity index (χ3n) is 11.2. The van der Waals surface area contributed by atoms with Gasteiger partial charge in [0.2, 0.25) is 0 Å². The van der Waals surface area contributed by atoms with E-state index in [1.165, 1.54) is 22.5 Å². The van der Waals surface area contributed by atoms with E-state index in [1.807, 2.05) is 24.4 Å². The Bertz CT molecular complexity index is 2720. The number of allylic oxidation sites excluding steroid dienone is 4. The summed E-state index contributed by atoms with van der Waals surface area (Å²) in [5.74, 6) is 6.87. The second-order valence-electron chi connectivity index (χ2n) is 19.5. The van der Waals surface area contributed by atoms with Crippen LogP contribution < -0.4 is 14.5 Å². The first-order valence-corrected chi connectivity index (χ1v) is 20.8. The summed E-state index contributed by atoms with van der Waals surface area (Å²) >= 11 is 0. The van der Waals surface area contributed by atoms with Crippen LogP contribution in [-0.2, 0) is 26.5 Å². The van der Waals surface area contributed by atoms with Crippen LogP contribution >= 0.6 is 0 Å². The fraction of sp³-hybridized carbons (Fsp3) is 0.269. The number of anilines is 3. The zero-order chi connectivity index (χ0) is 41.3. The minimum absolute atomic E-state index is 0. The van der Waals surface area contributed by atoms with Crippen LogP contribution in [0.1, 0.15) is 80.7 Å². The molecule has 0 radical (unpaired) electrons. The van der Waals surface area contributed by atoms with E-state index in [4.69, 9.17) is 9.72 Å². The Morgan fingerprint density at radius 1 is 0.717 bits per heavy atom. The van der Waals surface area contributed by atoms with Gasteiger partial charge in [0.15, 0.2) is 0 Å². The van der Waals surface area contributed by atoms with E-state index in [9.17, 15) is 0 Å². The standard InChI is InChI=1S/C52H53BN5O.Pt/c1-50(2,3)32-36-34-53-26-14-15-28-57(53)47(33-51(4,5)6)49(36)56-35-55(44-21-12-13-22-45(44)56)38-17-16-18-39(30-38)59-40-23-24-42-41-19-10-11-20-43(41)58(46(42)31-40)48-29-37(25-27-54-48)52(7,8)9;/h10-29,34-35H,32-33H2,1-9H3;/q-3;. The number of ether oxygens (including phenoxy) is 1. The predicted octanol–water partition coefficient (Wildman–Crippen LogP) is 13.4. The maximum absolute atomic E-state index is 6.65. The average molecular weight is 970 g/mol. The first-order valence-electron chi connectivity index (χ1n) is 20.8. The molecule has 4 aromatic carbocycles. The maximum Gasteiger partial charge on any atom is 0.312 e. The Morgan fingerprint density at radius 2 is 1.43 bits per heavy atom. The molecule has 0 N–H and O–H groups in total. The topological polar surface area (TPSA) is 36.8 Å². The van der Waals surface area contributed by atoms with Crippen LogP contribution in [0, 0.1) is 29.6 Å². The van der Waals surface area contributed by atoms with Crippen molar-refractivity contribution in [3.05, 3.63) is 169 Å². The van der Waals surface area contributed by atoms with Crippen molar-refractivity contribution in [1.29, 1.82) is 0 Å². The monoisotopic (exact) mass is 969 g/mol. The van der Waals surface area contributed by atoms with Crippen LogP contribution in [0.5, 0.6) is 11.5 Å². The van der Waals surface area contributed by atoms with Crippen molar-refractivity contribution in [1.82, 2.24) is 14.4 Å². The quantitative estimate of drug-likeness (QED) is 0.118. The second-order valence-corrected chi connectivity index (χ2v) is 19.5. The summed E-state index contributed by atoms with van der Waals surface area (Å²) in [5, 5.41) is 2.25. The van der Waals surface area contributed by atoms with E-state index in [1.54, 1.807) is 0 Å². The van der Waals surface area contributed by atoms with Gasteiger partial charge in [-0.15, -0.1) is 48.1 Å². The van der Waals surface area contributed by atoms with Crippen molar-refractivity contribution in [2.45, 2.75) is 80.6 Å². The van der Waals surface area contributed by atoms with Crippen LogP contribution in [0.3, 0.4) is 0 Å². The first-order chi connectivity index (χ1) is 28.1. The summed E-state index contributed by atoms with van der Waals surface area (Å²) in [5.41, 5.74) is 10.5. The van der Waals surface area contributed by atoms with Gasteiger partial charge in [-0.05, 0) is 88.2 Å². The summed E-state index contributed by atoms with van der Waals surface area (Å²) < 4.78 is 8.85. The number of benzene rings is 4. The Labute approximate surface area is 371 Å². The second kappa shape index (κ2) is 15.6. The number of hydrogen-bond acceptors (Lipinski definition) is 5. The van der Waals surface area contributed by atoms with Gasteiger partial charge in [0, 0.05) is 67.0 Å². The summed E-state index contributed by atoms with van der Waals surface area (Å²) in [6.45, 7) is 23.1. The van der Waals surface area contributed by atoms with Crippen LogP contribution in [0.2, 0.25) is 0 Å². The smallest absolute Gasteiger partial charge is 0.312 e. The van der Waals surface area contributed by atoms with Gasteiger partial charge in [0.1, 0.15) is 5.82 Å². The molecule has 2 aromatic heterocycles. The SMILES string of the molecule is CC(C)(C)CC1=CB2C=CC=CN2C(CC(C)(C)C)=C1N1[CH-]N(c2[c-]c(Oc3[c-]c4c(cc3)c3ccccc3n4-c3cc(C(C)(C)C)ccn3)ccc2)c2ccccc21.[Pt]. The molecule has 5 heterocycles.